The Kier molecular flexibility index (Phi) is 8.79. The Balaban J connectivity index is 0.000000174. The van der Waals surface area contributed by atoms with Gasteiger partial charge in [0, 0.05) is 25.7 Å². The minimum absolute atomic E-state index is 0.131. The van der Waals surface area contributed by atoms with Gasteiger partial charge >= 0.3 is 0 Å². The third kappa shape index (κ3) is 6.34. The van der Waals surface area contributed by atoms with Gasteiger partial charge in [-0.15, -0.1) is 0 Å². The molecule has 4 nitrogen and oxygen atoms in total. The van der Waals surface area contributed by atoms with Crippen molar-refractivity contribution in [2.45, 2.75) is 77.0 Å². The predicted octanol–water partition coefficient (Wildman–Crippen LogP) is 6.21. The minimum atomic E-state index is -0.397. The van der Waals surface area contributed by atoms with Gasteiger partial charge in [0.05, 0.1) is 11.3 Å². The number of carbonyl (C=O) groups excluding carboxylic acids is 4. The first-order chi connectivity index (χ1) is 17.5. The molecule has 2 aromatic rings. The van der Waals surface area contributed by atoms with Crippen LogP contribution in [0.25, 0.3) is 0 Å². The number of hydrogen-bond acceptors (Lipinski definition) is 4. The Labute approximate surface area is 214 Å². The Morgan fingerprint density at radius 3 is 1.83 bits per heavy atom. The number of allylic oxidation sites excluding steroid dienone is 2. The summed E-state index contributed by atoms with van der Waals surface area (Å²) in [6.45, 7) is 0. The summed E-state index contributed by atoms with van der Waals surface area (Å²) in [6.07, 6.45) is 10.8. The van der Waals surface area contributed by atoms with E-state index in [0.29, 0.717) is 44.3 Å². The molecule has 0 amide bonds. The van der Waals surface area contributed by atoms with E-state index in [1.54, 1.807) is 6.08 Å². The Hall–Kier alpha value is -3.14. The number of hydrogen-bond donors (Lipinski definition) is 0. The highest BCUT2D eigenvalue weighted by Gasteiger charge is 2.44. The summed E-state index contributed by atoms with van der Waals surface area (Å²) in [5, 5.41) is 0. The molecule has 3 aliphatic carbocycles. The van der Waals surface area contributed by atoms with Crippen LogP contribution in [0.4, 0.5) is 0 Å². The molecule has 0 N–H and O–H groups in total. The van der Waals surface area contributed by atoms with Crippen molar-refractivity contribution in [3.63, 3.8) is 0 Å². The summed E-state index contributed by atoms with van der Waals surface area (Å²) >= 11 is 0. The molecule has 0 heterocycles. The van der Waals surface area contributed by atoms with Crippen molar-refractivity contribution in [2.24, 2.45) is 11.3 Å². The summed E-state index contributed by atoms with van der Waals surface area (Å²) in [5.41, 5.74) is 2.98. The van der Waals surface area contributed by atoms with Crippen LogP contribution in [0.5, 0.6) is 0 Å². The molecule has 36 heavy (non-hydrogen) atoms. The molecule has 5 rings (SSSR count). The normalized spacial score (nSPS) is 23.1. The second kappa shape index (κ2) is 12.2. The van der Waals surface area contributed by atoms with E-state index < -0.39 is 5.41 Å². The maximum atomic E-state index is 12.7. The molecule has 0 aliphatic heterocycles. The van der Waals surface area contributed by atoms with Crippen molar-refractivity contribution in [2.75, 3.05) is 0 Å². The standard InChI is InChI=1S/C18H20O2.C14H16O2/c19-16-10-11-18(13-14-6-2-1-3-7-14)15(12-16)8-4-5-9-17(18)20;15-13-8-4-5-9-14(16)12(13)10-11-6-2-1-3-7-11/h1-3,6-7,12H,4-5,8-11,13H2;1-3,6-7,12H,4-5,8-10H2. The average Bonchev–Trinajstić information content (AvgIpc) is 3.15. The van der Waals surface area contributed by atoms with Crippen LogP contribution in [-0.4, -0.2) is 23.1 Å². The van der Waals surface area contributed by atoms with Crippen LogP contribution in [0, 0.1) is 11.3 Å². The van der Waals surface area contributed by atoms with Crippen molar-refractivity contribution < 1.29 is 19.2 Å². The van der Waals surface area contributed by atoms with Crippen LogP contribution in [0.15, 0.2) is 72.3 Å². The Morgan fingerprint density at radius 2 is 1.19 bits per heavy atom. The van der Waals surface area contributed by atoms with Gasteiger partial charge in [-0.05, 0) is 68.6 Å². The Morgan fingerprint density at radius 1 is 0.639 bits per heavy atom. The van der Waals surface area contributed by atoms with Crippen LogP contribution in [-0.2, 0) is 32.0 Å². The molecule has 188 valence electrons. The molecule has 0 bridgehead atoms. The number of benzene rings is 2. The molecule has 3 aliphatic rings. The zero-order valence-electron chi connectivity index (χ0n) is 21.0. The van der Waals surface area contributed by atoms with E-state index in [-0.39, 0.29) is 23.3 Å². The summed E-state index contributed by atoms with van der Waals surface area (Å²) in [6, 6.07) is 20.0. The van der Waals surface area contributed by atoms with E-state index >= 15 is 0 Å². The van der Waals surface area contributed by atoms with Crippen molar-refractivity contribution in [1.82, 2.24) is 0 Å². The quantitative estimate of drug-likeness (QED) is 0.382. The molecule has 0 aromatic heterocycles. The smallest absolute Gasteiger partial charge is 0.155 e. The molecule has 0 radical (unpaired) electrons. The van der Waals surface area contributed by atoms with Crippen molar-refractivity contribution in [1.29, 1.82) is 0 Å². The van der Waals surface area contributed by atoms with E-state index in [1.807, 2.05) is 48.5 Å². The van der Waals surface area contributed by atoms with Gasteiger partial charge < -0.3 is 0 Å². The first-order valence-electron chi connectivity index (χ1n) is 13.4. The molecule has 1 atom stereocenters. The average molecular weight is 485 g/mol. The molecule has 4 heteroatoms. The van der Waals surface area contributed by atoms with Crippen LogP contribution in [0.1, 0.15) is 75.3 Å². The second-order valence-electron chi connectivity index (χ2n) is 10.4. The van der Waals surface area contributed by atoms with E-state index in [2.05, 4.69) is 12.1 Å². The van der Waals surface area contributed by atoms with Gasteiger partial charge in [0.1, 0.15) is 17.3 Å². The van der Waals surface area contributed by atoms with Crippen LogP contribution in [0.2, 0.25) is 0 Å². The molecule has 0 saturated heterocycles. The molecule has 1 unspecified atom stereocenters. The summed E-state index contributed by atoms with van der Waals surface area (Å²) in [7, 11) is 0. The van der Waals surface area contributed by atoms with E-state index in [1.165, 1.54) is 5.56 Å². The molecule has 2 saturated carbocycles. The highest BCUT2D eigenvalue weighted by atomic mass is 16.2. The van der Waals surface area contributed by atoms with Crippen LogP contribution >= 0.6 is 0 Å². The highest BCUT2D eigenvalue weighted by molar-refractivity contribution is 6.03. The lowest BCUT2D eigenvalue weighted by Crippen LogP contribution is -2.37. The van der Waals surface area contributed by atoms with Crippen molar-refractivity contribution >= 4 is 23.1 Å². The van der Waals surface area contributed by atoms with Gasteiger partial charge in [-0.1, -0.05) is 66.2 Å². The van der Waals surface area contributed by atoms with Gasteiger partial charge in [0.25, 0.3) is 0 Å². The first kappa shape index (κ1) is 25.9. The van der Waals surface area contributed by atoms with Crippen molar-refractivity contribution in [3.05, 3.63) is 83.4 Å². The SMILES string of the molecule is O=C1C=C2CCCCC(=O)C2(Cc2ccccc2)CC1.O=C1CCCCC(=O)C1Cc1ccccc1. The zero-order valence-corrected chi connectivity index (χ0v) is 21.0. The number of fused-ring (bicyclic) bond motifs is 1. The minimum Gasteiger partial charge on any atom is -0.299 e. The number of rotatable bonds is 4. The Bertz CT molecular complexity index is 1100. The fourth-order valence-electron chi connectivity index (χ4n) is 5.82. The van der Waals surface area contributed by atoms with Crippen LogP contribution < -0.4 is 0 Å². The number of ketones is 4. The van der Waals surface area contributed by atoms with Crippen LogP contribution in [0.3, 0.4) is 0 Å². The van der Waals surface area contributed by atoms with Gasteiger partial charge in [0.15, 0.2) is 5.78 Å². The third-order valence-electron chi connectivity index (χ3n) is 7.89. The van der Waals surface area contributed by atoms with E-state index in [9.17, 15) is 19.2 Å². The predicted molar refractivity (Wildman–Crippen MR) is 140 cm³/mol. The number of carbonyl (C=O) groups is 4. The monoisotopic (exact) mass is 484 g/mol. The van der Waals surface area contributed by atoms with Gasteiger partial charge in [-0.25, -0.2) is 0 Å². The molecule has 2 fully saturated rings. The topological polar surface area (TPSA) is 68.3 Å². The third-order valence-corrected chi connectivity index (χ3v) is 7.89. The van der Waals surface area contributed by atoms with Gasteiger partial charge in [-0.3, -0.25) is 19.2 Å². The summed E-state index contributed by atoms with van der Waals surface area (Å²) in [4.78, 5) is 48.1. The lowest BCUT2D eigenvalue weighted by Gasteiger charge is -2.36. The lowest BCUT2D eigenvalue weighted by atomic mass is 9.65. The molecule has 2 aromatic carbocycles. The summed E-state index contributed by atoms with van der Waals surface area (Å²) < 4.78 is 0. The van der Waals surface area contributed by atoms with Gasteiger partial charge in [0.2, 0.25) is 0 Å². The number of Topliss-reactive ketones (excluding diaryl/α,β-unsaturated/α-hetero) is 3. The lowest BCUT2D eigenvalue weighted by molar-refractivity contribution is -0.132. The first-order valence-corrected chi connectivity index (χ1v) is 13.4. The molecular formula is C32H36O4. The molecule has 0 spiro atoms. The van der Waals surface area contributed by atoms with E-state index in [4.69, 9.17) is 0 Å². The summed E-state index contributed by atoms with van der Waals surface area (Å²) in [5.74, 6) is 0.415. The zero-order chi connectivity index (χ0) is 25.4. The largest absolute Gasteiger partial charge is 0.299 e. The fourth-order valence-corrected chi connectivity index (χ4v) is 5.82. The van der Waals surface area contributed by atoms with Gasteiger partial charge in [-0.2, -0.15) is 0 Å². The maximum absolute atomic E-state index is 12.7. The van der Waals surface area contributed by atoms with Crippen molar-refractivity contribution in [3.8, 4) is 0 Å². The highest BCUT2D eigenvalue weighted by Crippen LogP contribution is 2.45. The van der Waals surface area contributed by atoms with E-state index in [0.717, 1.165) is 49.7 Å². The molecular weight excluding hydrogens is 448 g/mol. The fraction of sp³-hybridized carbons (Fsp3) is 0.438. The second-order valence-corrected chi connectivity index (χ2v) is 10.4. The maximum Gasteiger partial charge on any atom is 0.155 e.